The van der Waals surface area contributed by atoms with Crippen LogP contribution in [0.4, 0.5) is 0 Å². The topological polar surface area (TPSA) is 91.3 Å². The van der Waals surface area contributed by atoms with Gasteiger partial charge in [-0.2, -0.15) is 0 Å². The number of furan rings is 1. The summed E-state index contributed by atoms with van der Waals surface area (Å²) in [4.78, 5) is 34.0. The third kappa shape index (κ3) is 3.63. The summed E-state index contributed by atoms with van der Waals surface area (Å²) in [5.74, 6) is -0.476. The van der Waals surface area contributed by atoms with E-state index in [2.05, 4.69) is 4.98 Å². The van der Waals surface area contributed by atoms with E-state index < -0.39 is 17.7 Å². The maximum atomic E-state index is 13.1. The number of carbonyl (C=O) groups is 2. The van der Waals surface area contributed by atoms with Gasteiger partial charge in [-0.25, -0.2) is 4.98 Å². The van der Waals surface area contributed by atoms with Crippen molar-refractivity contribution in [2.24, 2.45) is 0 Å². The summed E-state index contributed by atoms with van der Waals surface area (Å²) in [6.45, 7) is 4.70. The molecule has 1 fully saturated rings. The Morgan fingerprint density at radius 3 is 2.65 bits per heavy atom. The highest BCUT2D eigenvalue weighted by Crippen LogP contribution is 2.40. The lowest BCUT2D eigenvalue weighted by Crippen LogP contribution is -2.32. The number of rotatable bonds is 6. The zero-order chi connectivity index (χ0) is 22.3. The van der Waals surface area contributed by atoms with E-state index in [0.29, 0.717) is 41.5 Å². The van der Waals surface area contributed by atoms with Gasteiger partial charge < -0.3 is 19.3 Å². The number of carbonyl (C=O) groups excluding carboxylic acids is 2. The molecule has 0 radical (unpaired) electrons. The minimum Gasteiger partial charge on any atom is -0.505 e. The van der Waals surface area contributed by atoms with E-state index >= 15 is 0 Å². The summed E-state index contributed by atoms with van der Waals surface area (Å²) in [5.41, 5.74) is 1.64. The van der Waals surface area contributed by atoms with Gasteiger partial charge in [-0.3, -0.25) is 14.0 Å². The van der Waals surface area contributed by atoms with Gasteiger partial charge in [0, 0.05) is 12.7 Å². The van der Waals surface area contributed by atoms with Crippen molar-refractivity contribution in [1.82, 2.24) is 19.2 Å². The van der Waals surface area contributed by atoms with Crippen LogP contribution in [0.1, 0.15) is 35.4 Å². The lowest BCUT2D eigenvalue weighted by Gasteiger charge is -2.24. The second-order valence-electron chi connectivity index (χ2n) is 8.07. The fraction of sp³-hybridized carbons (Fsp3) is 0.348. The van der Waals surface area contributed by atoms with Crippen LogP contribution < -0.4 is 0 Å². The van der Waals surface area contributed by atoms with Crippen LogP contribution in [0.2, 0.25) is 0 Å². The van der Waals surface area contributed by atoms with Crippen LogP contribution in [0, 0.1) is 13.8 Å². The third-order valence-electron chi connectivity index (χ3n) is 5.50. The van der Waals surface area contributed by atoms with Crippen molar-refractivity contribution in [3.63, 3.8) is 0 Å². The number of imidazole rings is 1. The molecule has 3 aromatic heterocycles. The quantitative estimate of drug-likeness (QED) is 0.373. The molecule has 0 bridgehead atoms. The first-order chi connectivity index (χ1) is 14.8. The van der Waals surface area contributed by atoms with Crippen LogP contribution >= 0.6 is 0 Å². The molecule has 31 heavy (non-hydrogen) atoms. The molecule has 4 rings (SSSR count). The normalized spacial score (nSPS) is 18.6. The van der Waals surface area contributed by atoms with Crippen molar-refractivity contribution in [2.45, 2.75) is 26.3 Å². The number of hydrogen-bond donors (Lipinski definition) is 1. The van der Waals surface area contributed by atoms with Crippen molar-refractivity contribution in [3.8, 4) is 0 Å². The number of amides is 1. The molecule has 0 saturated carbocycles. The fourth-order valence-electron chi connectivity index (χ4n) is 4.09. The highest BCUT2D eigenvalue weighted by Gasteiger charge is 2.47. The largest absolute Gasteiger partial charge is 0.505 e. The maximum Gasteiger partial charge on any atom is 0.295 e. The Labute approximate surface area is 180 Å². The second-order valence-corrected chi connectivity index (χ2v) is 8.07. The van der Waals surface area contributed by atoms with Gasteiger partial charge >= 0.3 is 0 Å². The Morgan fingerprint density at radius 1 is 1.19 bits per heavy atom. The number of aliphatic hydroxyl groups excluding tert-OH is 1. The predicted octanol–water partition coefficient (Wildman–Crippen LogP) is 2.92. The van der Waals surface area contributed by atoms with Crippen molar-refractivity contribution >= 4 is 23.1 Å². The highest BCUT2D eigenvalue weighted by atomic mass is 16.3. The van der Waals surface area contributed by atoms with Gasteiger partial charge in [0.15, 0.2) is 5.76 Å². The lowest BCUT2D eigenvalue weighted by molar-refractivity contribution is -0.140. The first-order valence-electron chi connectivity index (χ1n) is 10.2. The Balaban J connectivity index is 1.86. The molecule has 0 aliphatic carbocycles. The van der Waals surface area contributed by atoms with Crippen LogP contribution in [0.15, 0.2) is 46.5 Å². The van der Waals surface area contributed by atoms with Gasteiger partial charge in [0.25, 0.3) is 11.7 Å². The minimum atomic E-state index is -0.787. The number of aromatic nitrogens is 2. The van der Waals surface area contributed by atoms with Crippen LogP contribution in [0.3, 0.4) is 0 Å². The summed E-state index contributed by atoms with van der Waals surface area (Å²) in [6.07, 6.45) is 2.45. The fourth-order valence-corrected chi connectivity index (χ4v) is 4.09. The maximum absolute atomic E-state index is 13.1. The number of Topliss-reactive ketones (excluding diaryl/α,β-unsaturated/α-hetero) is 1. The molecule has 1 saturated heterocycles. The molecule has 0 spiro atoms. The molecule has 1 amide bonds. The molecule has 0 unspecified atom stereocenters. The second kappa shape index (κ2) is 8.03. The zero-order valence-corrected chi connectivity index (χ0v) is 18.1. The van der Waals surface area contributed by atoms with E-state index in [1.54, 1.807) is 36.6 Å². The Morgan fingerprint density at radius 2 is 1.97 bits per heavy atom. The SMILES string of the molecule is Cc1ccc([C@@H]2C(=C(O)c3c(C)nc4ccccn34)C(=O)C(=O)N2CCCN(C)C)o1. The van der Waals surface area contributed by atoms with Gasteiger partial charge in [-0.15, -0.1) is 0 Å². The van der Waals surface area contributed by atoms with Gasteiger partial charge in [0.05, 0.1) is 11.3 Å². The zero-order valence-electron chi connectivity index (χ0n) is 18.1. The van der Waals surface area contributed by atoms with E-state index in [4.69, 9.17) is 4.42 Å². The number of pyridine rings is 1. The first-order valence-corrected chi connectivity index (χ1v) is 10.2. The number of hydrogen-bond acceptors (Lipinski definition) is 6. The van der Waals surface area contributed by atoms with Crippen LogP contribution in [-0.2, 0) is 9.59 Å². The van der Waals surface area contributed by atoms with Crippen molar-refractivity contribution in [2.75, 3.05) is 27.2 Å². The number of aryl methyl sites for hydroxylation is 2. The molecule has 3 aromatic rings. The Kier molecular flexibility index (Phi) is 5.41. The number of nitrogens with zero attached hydrogens (tertiary/aromatic N) is 4. The molecule has 1 aliphatic rings. The number of aliphatic hydroxyl groups is 1. The molecule has 1 aliphatic heterocycles. The Bertz CT molecular complexity index is 1190. The summed E-state index contributed by atoms with van der Waals surface area (Å²) in [5, 5.41) is 11.3. The molecule has 8 heteroatoms. The summed E-state index contributed by atoms with van der Waals surface area (Å²) in [6, 6.07) is 8.23. The first kappa shape index (κ1) is 20.9. The van der Waals surface area contributed by atoms with E-state index in [1.807, 2.05) is 37.2 Å². The van der Waals surface area contributed by atoms with Crippen LogP contribution in [0.5, 0.6) is 0 Å². The molecule has 8 nitrogen and oxygen atoms in total. The van der Waals surface area contributed by atoms with Crippen molar-refractivity contribution in [3.05, 3.63) is 65.0 Å². The third-order valence-corrected chi connectivity index (χ3v) is 5.50. The van der Waals surface area contributed by atoms with Crippen molar-refractivity contribution < 1.29 is 19.1 Å². The van der Waals surface area contributed by atoms with E-state index in [0.717, 1.165) is 6.54 Å². The molecule has 162 valence electrons. The van der Waals surface area contributed by atoms with Gasteiger partial charge in [-0.05, 0) is 65.2 Å². The average Bonchev–Trinajstić information content (AvgIpc) is 3.36. The summed E-state index contributed by atoms with van der Waals surface area (Å²) < 4.78 is 7.53. The van der Waals surface area contributed by atoms with Crippen molar-refractivity contribution in [1.29, 1.82) is 0 Å². The highest BCUT2D eigenvalue weighted by molar-refractivity contribution is 6.46. The monoisotopic (exact) mass is 422 g/mol. The number of fused-ring (bicyclic) bond motifs is 1. The van der Waals surface area contributed by atoms with E-state index in [9.17, 15) is 14.7 Å². The van der Waals surface area contributed by atoms with Gasteiger partial charge in [-0.1, -0.05) is 6.07 Å². The summed E-state index contributed by atoms with van der Waals surface area (Å²) in [7, 11) is 3.91. The van der Waals surface area contributed by atoms with E-state index in [1.165, 1.54) is 4.90 Å². The standard InChI is InChI=1S/C23H26N4O4/c1-14-9-10-16(31-14)20-18(22(29)23(30)27(20)13-7-11-25(3)4)21(28)19-15(2)24-17-8-5-6-12-26(17)19/h5-6,8-10,12,20,28H,7,11,13H2,1-4H3/t20-/m1/s1. The van der Waals surface area contributed by atoms with Gasteiger partial charge in [0.1, 0.15) is 28.9 Å². The number of likely N-dealkylation sites (tertiary alicyclic amines) is 1. The van der Waals surface area contributed by atoms with Crippen LogP contribution in [-0.4, -0.2) is 63.2 Å². The molecule has 1 N–H and O–H groups in total. The average molecular weight is 422 g/mol. The molecule has 4 heterocycles. The molecule has 0 aromatic carbocycles. The lowest BCUT2D eigenvalue weighted by atomic mass is 10.0. The molecular formula is C23H26N4O4. The molecule has 1 atom stereocenters. The smallest absolute Gasteiger partial charge is 0.295 e. The van der Waals surface area contributed by atoms with Crippen LogP contribution in [0.25, 0.3) is 11.4 Å². The minimum absolute atomic E-state index is 0.0259. The summed E-state index contributed by atoms with van der Waals surface area (Å²) >= 11 is 0. The number of ketones is 1. The van der Waals surface area contributed by atoms with E-state index in [-0.39, 0.29) is 11.3 Å². The molecular weight excluding hydrogens is 396 g/mol. The Hall–Kier alpha value is -3.39. The predicted molar refractivity (Wildman–Crippen MR) is 116 cm³/mol. The van der Waals surface area contributed by atoms with Gasteiger partial charge in [0.2, 0.25) is 0 Å².